The van der Waals surface area contributed by atoms with Gasteiger partial charge in [0.05, 0.1) is 0 Å². The van der Waals surface area contributed by atoms with Crippen molar-refractivity contribution < 1.29 is 9.84 Å². The summed E-state index contributed by atoms with van der Waals surface area (Å²) in [6.07, 6.45) is 7.27. The lowest BCUT2D eigenvalue weighted by Crippen LogP contribution is -2.36. The molecule has 0 radical (unpaired) electrons. The van der Waals surface area contributed by atoms with Crippen molar-refractivity contribution in [2.75, 3.05) is 0 Å². The van der Waals surface area contributed by atoms with Crippen molar-refractivity contribution in [2.45, 2.75) is 111 Å². The zero-order valence-corrected chi connectivity index (χ0v) is 21.0. The maximum absolute atomic E-state index is 11.4. The van der Waals surface area contributed by atoms with Gasteiger partial charge in [-0.15, -0.1) is 0 Å². The Hall–Kier alpha value is -1.96. The van der Waals surface area contributed by atoms with Crippen LogP contribution in [0, 0.1) is 13.8 Å². The minimum Gasteiger partial charge on any atom is -0.507 e. The Morgan fingerprint density at radius 1 is 0.903 bits per heavy atom. The fourth-order valence-electron chi connectivity index (χ4n) is 4.96. The van der Waals surface area contributed by atoms with E-state index in [0.717, 1.165) is 29.7 Å². The highest BCUT2D eigenvalue weighted by Crippen LogP contribution is 2.52. The second-order valence-electron chi connectivity index (χ2n) is 11.1. The highest BCUT2D eigenvalue weighted by molar-refractivity contribution is 5.59. The van der Waals surface area contributed by atoms with Crippen molar-refractivity contribution in [3.05, 3.63) is 57.6 Å². The smallest absolute Gasteiger partial charge is 0.132 e. The van der Waals surface area contributed by atoms with Gasteiger partial charge in [-0.2, -0.15) is 0 Å². The van der Waals surface area contributed by atoms with Crippen LogP contribution in [0.25, 0.3) is 0 Å². The first-order chi connectivity index (χ1) is 14.5. The van der Waals surface area contributed by atoms with Crippen LogP contribution < -0.4 is 4.74 Å². The number of fused-ring (bicyclic) bond motifs is 1. The molecule has 1 N–H and O–H groups in total. The van der Waals surface area contributed by atoms with E-state index in [1.807, 2.05) is 0 Å². The second kappa shape index (κ2) is 8.88. The van der Waals surface area contributed by atoms with Crippen LogP contribution in [0.1, 0.15) is 119 Å². The molecule has 0 aromatic heterocycles. The largest absolute Gasteiger partial charge is 0.507 e. The van der Waals surface area contributed by atoms with Crippen LogP contribution in [0.3, 0.4) is 0 Å². The van der Waals surface area contributed by atoms with Gasteiger partial charge >= 0.3 is 0 Å². The summed E-state index contributed by atoms with van der Waals surface area (Å²) >= 11 is 0. The first-order valence-electron chi connectivity index (χ1n) is 12.1. The van der Waals surface area contributed by atoms with Crippen LogP contribution in [-0.4, -0.2) is 5.11 Å². The van der Waals surface area contributed by atoms with Crippen molar-refractivity contribution in [2.24, 2.45) is 0 Å². The molecule has 31 heavy (non-hydrogen) atoms. The molecule has 2 aromatic carbocycles. The van der Waals surface area contributed by atoms with Gasteiger partial charge in [0.2, 0.25) is 0 Å². The molecule has 0 spiro atoms. The number of benzene rings is 2. The number of ether oxygens (including phenoxy) is 1. The van der Waals surface area contributed by atoms with Crippen LogP contribution in [-0.2, 0) is 11.0 Å². The summed E-state index contributed by atoms with van der Waals surface area (Å²) in [5, 5.41) is 11.4. The summed E-state index contributed by atoms with van der Waals surface area (Å²) in [6, 6.07) is 8.88. The standard InChI is InChI=1S/C29H42O2/c1-9-10-11-12-13-14-21(22-15-19(2)17-24(26(22)30)28(4,5)6)23-16-20(3)18-25-27(23)31-29(25,7)8/h15-18,21,30H,9-14H2,1-8H3. The van der Waals surface area contributed by atoms with Gasteiger partial charge in [0.25, 0.3) is 0 Å². The Labute approximate surface area is 190 Å². The molecule has 170 valence electrons. The van der Waals surface area contributed by atoms with Crippen LogP contribution >= 0.6 is 0 Å². The lowest BCUT2D eigenvalue weighted by atomic mass is 9.77. The van der Waals surface area contributed by atoms with E-state index in [1.165, 1.54) is 47.9 Å². The summed E-state index contributed by atoms with van der Waals surface area (Å²) in [7, 11) is 0. The Morgan fingerprint density at radius 2 is 1.52 bits per heavy atom. The molecule has 0 bridgehead atoms. The molecule has 1 unspecified atom stereocenters. The van der Waals surface area contributed by atoms with Crippen molar-refractivity contribution in [1.29, 1.82) is 0 Å². The number of aromatic hydroxyl groups is 1. The van der Waals surface area contributed by atoms with E-state index >= 15 is 0 Å². The van der Waals surface area contributed by atoms with Gasteiger partial charge in [-0.3, -0.25) is 0 Å². The Balaban J connectivity index is 2.09. The molecule has 0 fully saturated rings. The van der Waals surface area contributed by atoms with Gasteiger partial charge in [0, 0.05) is 22.6 Å². The number of aryl methyl sites for hydroxylation is 2. The molecule has 1 aliphatic heterocycles. The van der Waals surface area contributed by atoms with Gasteiger partial charge in [-0.05, 0) is 51.2 Å². The Kier molecular flexibility index (Phi) is 6.79. The predicted octanol–water partition coefficient (Wildman–Crippen LogP) is 8.43. The molecule has 0 aliphatic carbocycles. The number of unbranched alkanes of at least 4 members (excludes halogenated alkanes) is 4. The zero-order valence-electron chi connectivity index (χ0n) is 21.0. The second-order valence-corrected chi connectivity index (χ2v) is 11.1. The number of hydrogen-bond donors (Lipinski definition) is 1. The third-order valence-electron chi connectivity index (χ3n) is 6.71. The summed E-state index contributed by atoms with van der Waals surface area (Å²) in [5.41, 5.74) is 6.77. The van der Waals surface area contributed by atoms with Crippen LogP contribution in [0.5, 0.6) is 11.5 Å². The molecular formula is C29H42O2. The fraction of sp³-hybridized carbons (Fsp3) is 0.586. The number of rotatable bonds is 8. The first-order valence-corrected chi connectivity index (χ1v) is 12.1. The Morgan fingerprint density at radius 3 is 2.13 bits per heavy atom. The third-order valence-corrected chi connectivity index (χ3v) is 6.71. The monoisotopic (exact) mass is 422 g/mol. The average molecular weight is 423 g/mol. The lowest BCUT2D eigenvalue weighted by molar-refractivity contribution is 0.0494. The summed E-state index contributed by atoms with van der Waals surface area (Å²) in [6.45, 7) is 17.4. The highest BCUT2D eigenvalue weighted by atomic mass is 16.5. The topological polar surface area (TPSA) is 29.5 Å². The predicted molar refractivity (Wildman–Crippen MR) is 132 cm³/mol. The van der Waals surface area contributed by atoms with Crippen LogP contribution in [0.2, 0.25) is 0 Å². The molecule has 2 aromatic rings. The molecule has 2 heteroatoms. The van der Waals surface area contributed by atoms with E-state index in [9.17, 15) is 5.11 Å². The average Bonchev–Trinajstić information content (AvgIpc) is 2.67. The molecule has 0 saturated carbocycles. The van der Waals surface area contributed by atoms with E-state index in [-0.39, 0.29) is 16.9 Å². The van der Waals surface area contributed by atoms with Crippen molar-refractivity contribution >= 4 is 0 Å². The molecule has 0 amide bonds. The van der Waals surface area contributed by atoms with E-state index in [2.05, 4.69) is 79.7 Å². The fourth-order valence-corrected chi connectivity index (χ4v) is 4.96. The van der Waals surface area contributed by atoms with E-state index in [1.54, 1.807) is 0 Å². The van der Waals surface area contributed by atoms with Gasteiger partial charge in [-0.25, -0.2) is 0 Å². The van der Waals surface area contributed by atoms with Crippen LogP contribution in [0.15, 0.2) is 24.3 Å². The molecule has 1 atom stereocenters. The van der Waals surface area contributed by atoms with E-state index in [4.69, 9.17) is 4.74 Å². The molecule has 1 heterocycles. The maximum atomic E-state index is 11.4. The molecule has 3 rings (SSSR count). The SMILES string of the molecule is CCCCCCCC(c1cc(C)cc(C(C)(C)C)c1O)c1cc(C)cc2c1OC2(C)C. The zero-order chi connectivity index (χ0) is 23.0. The lowest BCUT2D eigenvalue weighted by Gasteiger charge is -2.42. The van der Waals surface area contributed by atoms with E-state index in [0.29, 0.717) is 5.75 Å². The van der Waals surface area contributed by atoms with Crippen molar-refractivity contribution in [3.63, 3.8) is 0 Å². The first kappa shape index (κ1) is 23.7. The number of phenols is 1. The van der Waals surface area contributed by atoms with Gasteiger partial charge in [-0.1, -0.05) is 89.1 Å². The molecule has 1 aliphatic rings. The minimum absolute atomic E-state index is 0.104. The summed E-state index contributed by atoms with van der Waals surface area (Å²) < 4.78 is 6.29. The van der Waals surface area contributed by atoms with Gasteiger partial charge in [0.1, 0.15) is 17.1 Å². The van der Waals surface area contributed by atoms with Gasteiger partial charge < -0.3 is 9.84 Å². The minimum atomic E-state index is -0.229. The number of phenolic OH excluding ortho intramolecular Hbond substituents is 1. The highest BCUT2D eigenvalue weighted by Gasteiger charge is 2.40. The van der Waals surface area contributed by atoms with E-state index < -0.39 is 0 Å². The summed E-state index contributed by atoms with van der Waals surface area (Å²) in [5.74, 6) is 1.64. The van der Waals surface area contributed by atoms with Crippen molar-refractivity contribution in [1.82, 2.24) is 0 Å². The maximum Gasteiger partial charge on any atom is 0.132 e. The van der Waals surface area contributed by atoms with Crippen molar-refractivity contribution in [3.8, 4) is 11.5 Å². The normalized spacial score (nSPS) is 15.7. The van der Waals surface area contributed by atoms with Gasteiger partial charge in [0.15, 0.2) is 0 Å². The van der Waals surface area contributed by atoms with Crippen LogP contribution in [0.4, 0.5) is 0 Å². The third kappa shape index (κ3) is 4.94. The molecule has 0 saturated heterocycles. The molecule has 2 nitrogen and oxygen atoms in total. The Bertz CT molecular complexity index is 931. The quantitative estimate of drug-likeness (QED) is 0.432. The molecular weight excluding hydrogens is 380 g/mol. The number of hydrogen-bond acceptors (Lipinski definition) is 2. The summed E-state index contributed by atoms with van der Waals surface area (Å²) in [4.78, 5) is 0.